The van der Waals surface area contributed by atoms with Crippen molar-refractivity contribution < 1.29 is 4.74 Å². The number of hydrogen-bond donors (Lipinski definition) is 1. The lowest BCUT2D eigenvalue weighted by molar-refractivity contribution is 0.415. The molecule has 4 rings (SSSR count). The quantitative estimate of drug-likeness (QED) is 0.727. The Bertz CT molecular complexity index is 1100. The van der Waals surface area contributed by atoms with E-state index in [9.17, 15) is 4.79 Å². The summed E-state index contributed by atoms with van der Waals surface area (Å²) in [6.07, 6.45) is 0. The van der Waals surface area contributed by atoms with Crippen LogP contribution in [0.15, 0.2) is 29.1 Å². The van der Waals surface area contributed by atoms with Crippen molar-refractivity contribution in [1.29, 1.82) is 5.26 Å². The average Bonchev–Trinajstić information content (AvgIpc) is 3.11. The van der Waals surface area contributed by atoms with Crippen molar-refractivity contribution >= 4 is 17.1 Å². The normalized spacial score (nSPS) is 14.2. The minimum absolute atomic E-state index is 0.162. The number of imidazole rings is 1. The first kappa shape index (κ1) is 18.0. The Balaban J connectivity index is 1.78. The molecule has 1 aliphatic heterocycles. The first-order chi connectivity index (χ1) is 13.6. The van der Waals surface area contributed by atoms with Crippen molar-refractivity contribution in [3.63, 3.8) is 0 Å². The summed E-state index contributed by atoms with van der Waals surface area (Å²) in [6.45, 7) is 6.04. The number of nitrogens with one attached hydrogen (secondary N) is 1. The molecule has 3 heterocycles. The highest BCUT2D eigenvalue weighted by Crippen LogP contribution is 2.24. The summed E-state index contributed by atoms with van der Waals surface area (Å²) in [4.78, 5) is 24.3. The monoisotopic (exact) mass is 379 g/mol. The van der Waals surface area contributed by atoms with Gasteiger partial charge in [-0.1, -0.05) is 0 Å². The van der Waals surface area contributed by atoms with E-state index in [4.69, 9.17) is 10.00 Å². The van der Waals surface area contributed by atoms with Crippen LogP contribution in [0.25, 0.3) is 11.2 Å². The summed E-state index contributed by atoms with van der Waals surface area (Å²) in [6, 6.07) is 8.87. The van der Waals surface area contributed by atoms with Crippen LogP contribution < -0.4 is 20.5 Å². The number of fused-ring (bicyclic) bond motifs is 1. The molecule has 0 spiro atoms. The first-order valence-corrected chi connectivity index (χ1v) is 9.23. The Morgan fingerprint density at radius 3 is 2.57 bits per heavy atom. The molecule has 3 aromatic rings. The lowest BCUT2D eigenvalue weighted by Gasteiger charge is -2.28. The molecule has 0 aliphatic carbocycles. The topological polar surface area (TPSA) is 101 Å². The smallest absolute Gasteiger partial charge is 0.306 e. The number of rotatable bonds is 4. The highest BCUT2D eigenvalue weighted by molar-refractivity contribution is 5.74. The maximum atomic E-state index is 13.0. The molecule has 28 heavy (non-hydrogen) atoms. The SMILES string of the molecule is CCn1c(N2CCNCC2)nc2nc(Oc3ccc(C#N)cc3)n(C)c(=O)c21. The van der Waals surface area contributed by atoms with Gasteiger partial charge in [0.2, 0.25) is 5.95 Å². The number of piperazine rings is 1. The predicted molar refractivity (Wildman–Crippen MR) is 105 cm³/mol. The van der Waals surface area contributed by atoms with Crippen LogP contribution in [0, 0.1) is 11.3 Å². The van der Waals surface area contributed by atoms with Gasteiger partial charge in [0.25, 0.3) is 5.56 Å². The summed E-state index contributed by atoms with van der Waals surface area (Å²) in [7, 11) is 1.63. The molecule has 1 aromatic carbocycles. The van der Waals surface area contributed by atoms with Crippen LogP contribution in [0.5, 0.6) is 11.8 Å². The number of hydrogen-bond acceptors (Lipinski definition) is 7. The fourth-order valence-electron chi connectivity index (χ4n) is 3.33. The van der Waals surface area contributed by atoms with Gasteiger partial charge >= 0.3 is 6.01 Å². The van der Waals surface area contributed by atoms with Crippen molar-refractivity contribution in [1.82, 2.24) is 24.4 Å². The summed E-state index contributed by atoms with van der Waals surface area (Å²) in [5, 5.41) is 12.2. The number of nitrogens with zero attached hydrogens (tertiary/aromatic N) is 6. The second kappa shape index (κ2) is 7.32. The third kappa shape index (κ3) is 3.08. The van der Waals surface area contributed by atoms with Gasteiger partial charge < -0.3 is 19.5 Å². The second-order valence-electron chi connectivity index (χ2n) is 6.56. The average molecular weight is 379 g/mol. The van der Waals surface area contributed by atoms with Crippen LogP contribution in [0.1, 0.15) is 12.5 Å². The Kier molecular flexibility index (Phi) is 4.71. The zero-order chi connectivity index (χ0) is 19.7. The molecule has 1 fully saturated rings. The molecular formula is C19H21N7O2. The molecule has 1 N–H and O–H groups in total. The fraction of sp³-hybridized carbons (Fsp3) is 0.368. The van der Waals surface area contributed by atoms with E-state index in [1.54, 1.807) is 31.3 Å². The van der Waals surface area contributed by atoms with E-state index in [2.05, 4.69) is 26.3 Å². The molecule has 1 saturated heterocycles. The number of aryl methyl sites for hydroxylation is 1. The molecule has 9 nitrogen and oxygen atoms in total. The van der Waals surface area contributed by atoms with Gasteiger partial charge in [-0.05, 0) is 31.2 Å². The Morgan fingerprint density at radius 1 is 1.21 bits per heavy atom. The molecule has 1 aliphatic rings. The molecule has 0 unspecified atom stereocenters. The second-order valence-corrected chi connectivity index (χ2v) is 6.56. The number of nitriles is 1. The van der Waals surface area contributed by atoms with E-state index in [1.165, 1.54) is 4.57 Å². The summed E-state index contributed by atoms with van der Waals surface area (Å²) < 4.78 is 9.10. The standard InChI is InChI=1S/C19H21N7O2/c1-3-26-15-16(22-18(26)25-10-8-21-9-11-25)23-19(24(2)17(15)27)28-14-6-4-13(12-20)5-7-14/h4-7,21H,3,8-11H2,1-2H3. The van der Waals surface area contributed by atoms with Gasteiger partial charge in [0.05, 0.1) is 11.6 Å². The van der Waals surface area contributed by atoms with Gasteiger partial charge in [0, 0.05) is 39.8 Å². The van der Waals surface area contributed by atoms with Crippen LogP contribution in [-0.4, -0.2) is 45.3 Å². The maximum absolute atomic E-state index is 13.0. The zero-order valence-electron chi connectivity index (χ0n) is 15.8. The van der Waals surface area contributed by atoms with Crippen molar-refractivity contribution in [3.8, 4) is 17.8 Å². The molecule has 0 bridgehead atoms. The van der Waals surface area contributed by atoms with E-state index in [0.717, 1.165) is 32.1 Å². The van der Waals surface area contributed by atoms with Crippen molar-refractivity contribution in [3.05, 3.63) is 40.2 Å². The maximum Gasteiger partial charge on any atom is 0.306 e. The molecule has 144 valence electrons. The number of aromatic nitrogens is 4. The number of anilines is 1. The van der Waals surface area contributed by atoms with Crippen molar-refractivity contribution in [2.45, 2.75) is 13.5 Å². The number of benzene rings is 1. The minimum Gasteiger partial charge on any atom is -0.425 e. The van der Waals surface area contributed by atoms with Crippen LogP contribution >= 0.6 is 0 Å². The Hall–Kier alpha value is -3.38. The number of ether oxygens (including phenoxy) is 1. The summed E-state index contributed by atoms with van der Waals surface area (Å²) in [5.41, 5.74) is 1.18. The lowest BCUT2D eigenvalue weighted by Crippen LogP contribution is -2.44. The predicted octanol–water partition coefficient (Wildman–Crippen LogP) is 1.22. The molecule has 9 heteroatoms. The van der Waals surface area contributed by atoms with Gasteiger partial charge in [-0.25, -0.2) is 0 Å². The summed E-state index contributed by atoms with van der Waals surface area (Å²) in [5.74, 6) is 1.26. The Labute approximate surface area is 161 Å². The first-order valence-electron chi connectivity index (χ1n) is 9.23. The van der Waals surface area contributed by atoms with Crippen LogP contribution in [0.3, 0.4) is 0 Å². The van der Waals surface area contributed by atoms with E-state index in [0.29, 0.717) is 29.0 Å². The van der Waals surface area contributed by atoms with E-state index < -0.39 is 0 Å². The molecule has 0 saturated carbocycles. The van der Waals surface area contributed by atoms with Crippen LogP contribution in [-0.2, 0) is 13.6 Å². The highest BCUT2D eigenvalue weighted by atomic mass is 16.5. The Morgan fingerprint density at radius 2 is 1.93 bits per heavy atom. The minimum atomic E-state index is -0.204. The molecule has 2 aromatic heterocycles. The molecule has 0 radical (unpaired) electrons. The fourth-order valence-corrected chi connectivity index (χ4v) is 3.33. The summed E-state index contributed by atoms with van der Waals surface area (Å²) >= 11 is 0. The van der Waals surface area contributed by atoms with Gasteiger partial charge in [0.15, 0.2) is 11.2 Å². The molecular weight excluding hydrogens is 358 g/mol. The lowest BCUT2D eigenvalue weighted by atomic mass is 10.2. The third-order valence-electron chi connectivity index (χ3n) is 4.83. The van der Waals surface area contributed by atoms with Gasteiger partial charge in [-0.2, -0.15) is 15.2 Å². The van der Waals surface area contributed by atoms with Gasteiger partial charge in [0.1, 0.15) is 5.75 Å². The molecule has 0 amide bonds. The zero-order valence-corrected chi connectivity index (χ0v) is 15.8. The third-order valence-corrected chi connectivity index (χ3v) is 4.83. The van der Waals surface area contributed by atoms with Crippen LogP contribution in [0.4, 0.5) is 5.95 Å². The van der Waals surface area contributed by atoms with Crippen molar-refractivity contribution in [2.24, 2.45) is 7.05 Å². The van der Waals surface area contributed by atoms with E-state index in [1.807, 2.05) is 11.5 Å². The largest absolute Gasteiger partial charge is 0.425 e. The van der Waals surface area contributed by atoms with Gasteiger partial charge in [-0.3, -0.25) is 9.36 Å². The van der Waals surface area contributed by atoms with Crippen molar-refractivity contribution in [2.75, 3.05) is 31.1 Å². The van der Waals surface area contributed by atoms with E-state index >= 15 is 0 Å². The van der Waals surface area contributed by atoms with Gasteiger partial charge in [-0.15, -0.1) is 0 Å². The van der Waals surface area contributed by atoms with Crippen LogP contribution in [0.2, 0.25) is 0 Å². The highest BCUT2D eigenvalue weighted by Gasteiger charge is 2.23. The molecule has 0 atom stereocenters. The van der Waals surface area contributed by atoms with E-state index in [-0.39, 0.29) is 11.6 Å².